The third kappa shape index (κ3) is 4.53. The fourth-order valence-electron chi connectivity index (χ4n) is 1.18. The summed E-state index contributed by atoms with van der Waals surface area (Å²) in [5.41, 5.74) is 1.61. The van der Waals surface area contributed by atoms with Crippen molar-refractivity contribution in [2.45, 2.75) is 60.4 Å². The molecule has 0 heterocycles. The second-order valence-corrected chi connectivity index (χ2v) is 5.33. The number of rotatable bonds is 1. The average molecular weight is 169 g/mol. The van der Waals surface area contributed by atoms with Gasteiger partial charge in [-0.1, -0.05) is 27.7 Å². The topological polar surface area (TPSA) is 12.4 Å². The zero-order valence-corrected chi connectivity index (χ0v) is 9.65. The maximum atomic E-state index is 4.72. The molecule has 12 heavy (non-hydrogen) atoms. The molecule has 72 valence electrons. The largest absolute Gasteiger partial charge is 0.288 e. The Morgan fingerprint density at radius 1 is 1.00 bits per heavy atom. The van der Waals surface area contributed by atoms with E-state index in [2.05, 4.69) is 48.5 Å². The highest BCUT2D eigenvalue weighted by atomic mass is 14.8. The van der Waals surface area contributed by atoms with Crippen LogP contribution in [0.25, 0.3) is 0 Å². The summed E-state index contributed by atoms with van der Waals surface area (Å²) >= 11 is 0. The van der Waals surface area contributed by atoms with E-state index in [1.807, 2.05) is 0 Å². The Labute approximate surface area is 77.3 Å². The molecule has 0 saturated heterocycles. The van der Waals surface area contributed by atoms with Crippen LogP contribution in [-0.4, -0.2) is 11.3 Å². The van der Waals surface area contributed by atoms with Crippen LogP contribution in [0, 0.1) is 5.41 Å². The Hall–Kier alpha value is -0.330. The normalized spacial score (nSPS) is 15.1. The first-order valence-corrected chi connectivity index (χ1v) is 4.76. The van der Waals surface area contributed by atoms with Gasteiger partial charge in [0.15, 0.2) is 0 Å². The molecule has 0 unspecified atom stereocenters. The van der Waals surface area contributed by atoms with Crippen molar-refractivity contribution in [3.8, 4) is 0 Å². The van der Waals surface area contributed by atoms with Crippen LogP contribution in [0.5, 0.6) is 0 Å². The first-order valence-electron chi connectivity index (χ1n) is 4.76. The van der Waals surface area contributed by atoms with Gasteiger partial charge in [0, 0.05) is 5.71 Å². The van der Waals surface area contributed by atoms with Gasteiger partial charge in [0.25, 0.3) is 0 Å². The smallest absolute Gasteiger partial charge is 0.0523 e. The van der Waals surface area contributed by atoms with Gasteiger partial charge in [-0.25, -0.2) is 0 Å². The van der Waals surface area contributed by atoms with Crippen molar-refractivity contribution in [3.05, 3.63) is 0 Å². The highest BCUT2D eigenvalue weighted by molar-refractivity contribution is 5.89. The third-order valence-corrected chi connectivity index (χ3v) is 1.67. The van der Waals surface area contributed by atoms with Crippen LogP contribution in [0.4, 0.5) is 0 Å². The van der Waals surface area contributed by atoms with Crippen LogP contribution in [0.3, 0.4) is 0 Å². The molecule has 1 nitrogen and oxygen atoms in total. The average Bonchev–Trinajstić information content (AvgIpc) is 1.78. The third-order valence-electron chi connectivity index (χ3n) is 1.67. The van der Waals surface area contributed by atoms with Gasteiger partial charge in [0.05, 0.1) is 5.54 Å². The molecule has 1 heteroatoms. The van der Waals surface area contributed by atoms with Gasteiger partial charge in [-0.05, 0) is 32.6 Å². The number of aliphatic imine (C=N–C) groups is 1. The van der Waals surface area contributed by atoms with Gasteiger partial charge < -0.3 is 0 Å². The van der Waals surface area contributed by atoms with Crippen LogP contribution in [0.2, 0.25) is 0 Å². The van der Waals surface area contributed by atoms with Crippen molar-refractivity contribution in [1.82, 2.24) is 0 Å². The summed E-state index contributed by atoms with van der Waals surface area (Å²) in [4.78, 5) is 4.72. The second-order valence-electron chi connectivity index (χ2n) is 5.33. The van der Waals surface area contributed by atoms with E-state index in [1.54, 1.807) is 0 Å². The Morgan fingerprint density at radius 3 is 1.50 bits per heavy atom. The van der Waals surface area contributed by atoms with Gasteiger partial charge >= 0.3 is 0 Å². The predicted octanol–water partition coefficient (Wildman–Crippen LogP) is 3.68. The van der Waals surface area contributed by atoms with Crippen molar-refractivity contribution < 1.29 is 0 Å². The summed E-state index contributed by atoms with van der Waals surface area (Å²) in [6.45, 7) is 15.3. The fraction of sp³-hybridized carbons (Fsp3) is 0.909. The molecular weight excluding hydrogens is 146 g/mol. The minimum atomic E-state index is 0.0681. The van der Waals surface area contributed by atoms with Gasteiger partial charge in [-0.2, -0.15) is 0 Å². The van der Waals surface area contributed by atoms with Crippen molar-refractivity contribution in [2.75, 3.05) is 0 Å². The van der Waals surface area contributed by atoms with Crippen molar-refractivity contribution >= 4 is 5.71 Å². The van der Waals surface area contributed by atoms with Crippen LogP contribution in [0.1, 0.15) is 54.9 Å². The highest BCUT2D eigenvalue weighted by Crippen LogP contribution is 2.21. The summed E-state index contributed by atoms with van der Waals surface area (Å²) in [6.07, 6.45) is 1.06. The fourth-order valence-corrected chi connectivity index (χ4v) is 1.18. The Kier molecular flexibility index (Phi) is 3.49. The van der Waals surface area contributed by atoms with E-state index in [0.29, 0.717) is 0 Å². The monoisotopic (exact) mass is 169 g/mol. The van der Waals surface area contributed by atoms with Crippen LogP contribution < -0.4 is 0 Å². The van der Waals surface area contributed by atoms with Crippen molar-refractivity contribution in [3.63, 3.8) is 0 Å². The lowest BCUT2D eigenvalue weighted by atomic mass is 9.87. The van der Waals surface area contributed by atoms with E-state index in [1.165, 1.54) is 5.71 Å². The lowest BCUT2D eigenvalue weighted by Crippen LogP contribution is -2.24. The van der Waals surface area contributed by atoms with E-state index in [0.717, 1.165) is 6.42 Å². The zero-order chi connectivity index (χ0) is 9.99. The maximum absolute atomic E-state index is 4.72. The van der Waals surface area contributed by atoms with E-state index >= 15 is 0 Å². The molecule has 0 N–H and O–H groups in total. The molecule has 0 aliphatic carbocycles. The first kappa shape index (κ1) is 11.7. The van der Waals surface area contributed by atoms with E-state index < -0.39 is 0 Å². The highest BCUT2D eigenvalue weighted by Gasteiger charge is 2.19. The van der Waals surface area contributed by atoms with Crippen LogP contribution in [-0.2, 0) is 0 Å². The SMILES string of the molecule is CC/C(=N/C(C)(C)C)C(C)(C)C. The van der Waals surface area contributed by atoms with E-state index in [4.69, 9.17) is 4.99 Å². The van der Waals surface area contributed by atoms with Gasteiger partial charge in [-0.15, -0.1) is 0 Å². The predicted molar refractivity (Wildman–Crippen MR) is 56.9 cm³/mol. The first-order chi connectivity index (χ1) is 5.17. The van der Waals surface area contributed by atoms with Gasteiger partial charge in [-0.3, -0.25) is 4.99 Å². The van der Waals surface area contributed by atoms with Gasteiger partial charge in [0.2, 0.25) is 0 Å². The van der Waals surface area contributed by atoms with Crippen LogP contribution in [0.15, 0.2) is 4.99 Å². The summed E-state index contributed by atoms with van der Waals surface area (Å²) in [7, 11) is 0. The standard InChI is InChI=1S/C11H23N/c1-8-9(10(2,3)4)12-11(5,6)7/h8H2,1-7H3/b12-9-. The molecule has 0 atom stereocenters. The molecule has 0 aromatic rings. The zero-order valence-electron chi connectivity index (χ0n) is 9.65. The molecule has 0 aromatic heterocycles. The number of hydrogen-bond donors (Lipinski definition) is 0. The minimum Gasteiger partial charge on any atom is -0.288 e. The van der Waals surface area contributed by atoms with E-state index in [-0.39, 0.29) is 11.0 Å². The lowest BCUT2D eigenvalue weighted by Gasteiger charge is -2.25. The van der Waals surface area contributed by atoms with Crippen molar-refractivity contribution in [2.24, 2.45) is 10.4 Å². The molecule has 0 aromatic carbocycles. The molecule has 0 aliphatic rings. The lowest BCUT2D eigenvalue weighted by molar-refractivity contribution is 0.532. The number of hydrogen-bond acceptors (Lipinski definition) is 1. The van der Waals surface area contributed by atoms with E-state index in [9.17, 15) is 0 Å². The molecule has 0 bridgehead atoms. The van der Waals surface area contributed by atoms with Gasteiger partial charge in [0.1, 0.15) is 0 Å². The molecule has 0 amide bonds. The molecular formula is C11H23N. The Balaban J connectivity index is 4.68. The Morgan fingerprint density at radius 2 is 1.42 bits per heavy atom. The molecule has 0 saturated carbocycles. The molecule has 0 aliphatic heterocycles. The summed E-state index contributed by atoms with van der Waals surface area (Å²) < 4.78 is 0. The number of nitrogens with zero attached hydrogens (tertiary/aromatic N) is 1. The molecule has 0 rings (SSSR count). The summed E-state index contributed by atoms with van der Waals surface area (Å²) in [6, 6.07) is 0. The summed E-state index contributed by atoms with van der Waals surface area (Å²) in [5.74, 6) is 0. The minimum absolute atomic E-state index is 0.0681. The maximum Gasteiger partial charge on any atom is 0.0523 e. The summed E-state index contributed by atoms with van der Waals surface area (Å²) in [5, 5.41) is 0. The van der Waals surface area contributed by atoms with Crippen LogP contribution >= 0.6 is 0 Å². The van der Waals surface area contributed by atoms with Crippen molar-refractivity contribution in [1.29, 1.82) is 0 Å². The second kappa shape index (κ2) is 3.59. The molecule has 0 radical (unpaired) electrons. The Bertz CT molecular complexity index is 164. The quantitative estimate of drug-likeness (QED) is 0.531. The molecule has 0 spiro atoms. The molecule has 0 fully saturated rings.